The van der Waals surface area contributed by atoms with Crippen molar-refractivity contribution in [1.29, 1.82) is 0 Å². The number of benzene rings is 1. The van der Waals surface area contributed by atoms with Gasteiger partial charge in [0.15, 0.2) is 5.78 Å². The summed E-state index contributed by atoms with van der Waals surface area (Å²) < 4.78 is 5.50. The third-order valence-corrected chi connectivity index (χ3v) is 3.87. The summed E-state index contributed by atoms with van der Waals surface area (Å²) in [5.41, 5.74) is 1.49. The predicted molar refractivity (Wildman–Crippen MR) is 75.1 cm³/mol. The minimum atomic E-state index is -0.869. The quantitative estimate of drug-likeness (QED) is 0.839. The summed E-state index contributed by atoms with van der Waals surface area (Å²) in [6, 6.07) is 5.48. The second-order valence-corrected chi connectivity index (χ2v) is 5.28. The molecule has 1 aromatic carbocycles. The zero-order valence-corrected chi connectivity index (χ0v) is 11.9. The molecule has 1 fully saturated rings. The first-order valence-corrected chi connectivity index (χ1v) is 7.05. The Morgan fingerprint density at radius 2 is 2.00 bits per heavy atom. The topological polar surface area (TPSA) is 63.6 Å². The van der Waals surface area contributed by atoms with Gasteiger partial charge in [0.05, 0.1) is 18.1 Å². The van der Waals surface area contributed by atoms with Crippen LogP contribution < -0.4 is 4.74 Å². The van der Waals surface area contributed by atoms with Crippen LogP contribution in [0.1, 0.15) is 42.1 Å². The van der Waals surface area contributed by atoms with Gasteiger partial charge in [-0.2, -0.15) is 0 Å². The van der Waals surface area contributed by atoms with Crippen LogP contribution in [-0.4, -0.2) is 23.5 Å². The van der Waals surface area contributed by atoms with E-state index in [1.165, 1.54) is 0 Å². The van der Waals surface area contributed by atoms with Gasteiger partial charge < -0.3 is 9.84 Å². The Kier molecular flexibility index (Phi) is 4.42. The molecule has 1 aliphatic rings. The number of ketones is 1. The van der Waals surface area contributed by atoms with E-state index >= 15 is 0 Å². The highest BCUT2D eigenvalue weighted by atomic mass is 16.5. The first-order valence-electron chi connectivity index (χ1n) is 7.05. The molecule has 1 aliphatic carbocycles. The van der Waals surface area contributed by atoms with Crippen molar-refractivity contribution in [3.8, 4) is 5.75 Å². The van der Waals surface area contributed by atoms with E-state index in [2.05, 4.69) is 0 Å². The van der Waals surface area contributed by atoms with Crippen LogP contribution in [0, 0.1) is 18.8 Å². The van der Waals surface area contributed by atoms with Crippen LogP contribution in [-0.2, 0) is 4.79 Å². The number of aryl methyl sites for hydroxylation is 1. The van der Waals surface area contributed by atoms with Crippen molar-refractivity contribution in [2.45, 2.75) is 33.1 Å². The number of aliphatic carboxylic acids is 1. The lowest BCUT2D eigenvalue weighted by molar-refractivity contribution is -0.142. The summed E-state index contributed by atoms with van der Waals surface area (Å²) in [5, 5.41) is 9.22. The van der Waals surface area contributed by atoms with Crippen molar-refractivity contribution in [3.63, 3.8) is 0 Å². The zero-order chi connectivity index (χ0) is 14.7. The maximum Gasteiger partial charge on any atom is 0.307 e. The molecule has 20 heavy (non-hydrogen) atoms. The van der Waals surface area contributed by atoms with E-state index in [1.54, 1.807) is 12.1 Å². The number of carboxylic acids is 1. The highest BCUT2D eigenvalue weighted by molar-refractivity contribution is 6.02. The van der Waals surface area contributed by atoms with Gasteiger partial charge in [0.2, 0.25) is 0 Å². The minimum absolute atomic E-state index is 0.0953. The lowest BCUT2D eigenvalue weighted by atomic mass is 9.87. The van der Waals surface area contributed by atoms with E-state index in [9.17, 15) is 14.7 Å². The Morgan fingerprint density at radius 3 is 2.65 bits per heavy atom. The van der Waals surface area contributed by atoms with Gasteiger partial charge in [-0.05, 0) is 38.8 Å². The fourth-order valence-electron chi connectivity index (χ4n) is 2.89. The van der Waals surface area contributed by atoms with Gasteiger partial charge >= 0.3 is 5.97 Å². The van der Waals surface area contributed by atoms with Gasteiger partial charge in [0.1, 0.15) is 5.75 Å². The average molecular weight is 276 g/mol. The Hall–Kier alpha value is -1.84. The number of hydrogen-bond donors (Lipinski definition) is 1. The van der Waals surface area contributed by atoms with Gasteiger partial charge in [-0.15, -0.1) is 0 Å². The number of rotatable bonds is 5. The average Bonchev–Trinajstić information content (AvgIpc) is 2.89. The van der Waals surface area contributed by atoms with Gasteiger partial charge in [-0.25, -0.2) is 0 Å². The van der Waals surface area contributed by atoms with E-state index in [4.69, 9.17) is 4.74 Å². The van der Waals surface area contributed by atoms with Crippen molar-refractivity contribution in [3.05, 3.63) is 29.3 Å². The molecule has 4 heteroatoms. The van der Waals surface area contributed by atoms with Gasteiger partial charge in [-0.3, -0.25) is 9.59 Å². The molecule has 4 nitrogen and oxygen atoms in total. The molecule has 2 atom stereocenters. The SMILES string of the molecule is CCOc1ccc(C)cc1C(=O)C1CCCC1C(=O)O. The van der Waals surface area contributed by atoms with Crippen LogP contribution in [0.2, 0.25) is 0 Å². The molecule has 0 saturated heterocycles. The molecule has 2 rings (SSSR count). The third kappa shape index (κ3) is 2.84. The fraction of sp³-hybridized carbons (Fsp3) is 0.500. The van der Waals surface area contributed by atoms with E-state index in [0.29, 0.717) is 30.8 Å². The molecule has 0 radical (unpaired) electrons. The minimum Gasteiger partial charge on any atom is -0.493 e. The summed E-state index contributed by atoms with van der Waals surface area (Å²) in [6.07, 6.45) is 2.03. The van der Waals surface area contributed by atoms with Crippen LogP contribution in [0.15, 0.2) is 18.2 Å². The first kappa shape index (κ1) is 14.6. The maximum atomic E-state index is 12.7. The third-order valence-electron chi connectivity index (χ3n) is 3.87. The monoisotopic (exact) mass is 276 g/mol. The Labute approximate surface area is 118 Å². The van der Waals surface area contributed by atoms with Crippen LogP contribution in [0.4, 0.5) is 0 Å². The van der Waals surface area contributed by atoms with Crippen molar-refractivity contribution < 1.29 is 19.4 Å². The first-order chi connectivity index (χ1) is 9.54. The summed E-state index contributed by atoms with van der Waals surface area (Å²) in [6.45, 7) is 4.26. The standard InChI is InChI=1S/C16H20O4/c1-3-20-14-8-7-10(2)9-13(14)15(17)11-5-4-6-12(11)16(18)19/h7-9,11-12H,3-6H2,1-2H3,(H,18,19). The Morgan fingerprint density at radius 1 is 1.30 bits per heavy atom. The number of carbonyl (C=O) groups excluding carboxylic acids is 1. The summed E-state index contributed by atoms with van der Waals surface area (Å²) in [7, 11) is 0. The normalized spacial score (nSPS) is 21.7. The highest BCUT2D eigenvalue weighted by Gasteiger charge is 2.38. The summed E-state index contributed by atoms with van der Waals surface area (Å²) >= 11 is 0. The van der Waals surface area contributed by atoms with Crippen LogP contribution in [0.3, 0.4) is 0 Å². The highest BCUT2D eigenvalue weighted by Crippen LogP contribution is 2.36. The second kappa shape index (κ2) is 6.07. The molecular weight excluding hydrogens is 256 g/mol. The van der Waals surface area contributed by atoms with Crippen LogP contribution in [0.25, 0.3) is 0 Å². The number of hydrogen-bond acceptors (Lipinski definition) is 3. The maximum absolute atomic E-state index is 12.7. The molecular formula is C16H20O4. The zero-order valence-electron chi connectivity index (χ0n) is 11.9. The van der Waals surface area contributed by atoms with Gasteiger partial charge in [-0.1, -0.05) is 18.1 Å². The fourth-order valence-corrected chi connectivity index (χ4v) is 2.89. The van der Waals surface area contributed by atoms with Gasteiger partial charge in [0, 0.05) is 5.92 Å². The molecule has 1 saturated carbocycles. The molecule has 0 heterocycles. The second-order valence-electron chi connectivity index (χ2n) is 5.28. The van der Waals surface area contributed by atoms with E-state index in [0.717, 1.165) is 12.0 Å². The molecule has 0 amide bonds. The lowest BCUT2D eigenvalue weighted by Crippen LogP contribution is -2.25. The van der Waals surface area contributed by atoms with E-state index in [-0.39, 0.29) is 5.78 Å². The molecule has 2 unspecified atom stereocenters. The molecule has 0 aliphatic heterocycles. The number of carboxylic acid groups (broad SMARTS) is 1. The van der Waals surface area contributed by atoms with E-state index < -0.39 is 17.8 Å². The molecule has 1 aromatic rings. The lowest BCUT2D eigenvalue weighted by Gasteiger charge is -2.17. The van der Waals surface area contributed by atoms with Crippen LogP contribution >= 0.6 is 0 Å². The van der Waals surface area contributed by atoms with Crippen molar-refractivity contribution in [2.75, 3.05) is 6.61 Å². The van der Waals surface area contributed by atoms with Crippen molar-refractivity contribution in [2.24, 2.45) is 11.8 Å². The number of ether oxygens (including phenoxy) is 1. The largest absolute Gasteiger partial charge is 0.493 e. The number of carbonyl (C=O) groups is 2. The molecule has 0 aromatic heterocycles. The Balaban J connectivity index is 2.32. The summed E-state index contributed by atoms with van der Waals surface area (Å²) in [5.74, 6) is -1.39. The van der Waals surface area contributed by atoms with E-state index in [1.807, 2.05) is 19.9 Å². The molecule has 0 spiro atoms. The van der Waals surface area contributed by atoms with Gasteiger partial charge in [0.25, 0.3) is 0 Å². The van der Waals surface area contributed by atoms with Crippen LogP contribution in [0.5, 0.6) is 5.75 Å². The van der Waals surface area contributed by atoms with Crippen molar-refractivity contribution in [1.82, 2.24) is 0 Å². The Bertz CT molecular complexity index is 521. The van der Waals surface area contributed by atoms with Crippen molar-refractivity contribution >= 4 is 11.8 Å². The smallest absolute Gasteiger partial charge is 0.307 e. The summed E-state index contributed by atoms with van der Waals surface area (Å²) in [4.78, 5) is 23.9. The molecule has 108 valence electrons. The predicted octanol–water partition coefficient (Wildman–Crippen LogP) is 3.08. The molecule has 1 N–H and O–H groups in total. The number of Topliss-reactive ketones (excluding diaryl/α,β-unsaturated/α-hetero) is 1. The molecule has 0 bridgehead atoms.